The molecule has 0 aliphatic carbocycles. The van der Waals surface area contributed by atoms with E-state index < -0.39 is 6.17 Å². The highest BCUT2D eigenvalue weighted by Gasteiger charge is 2.59. The molecule has 0 spiro atoms. The molecule has 3 nitrogen and oxygen atoms in total. The number of ether oxygens (including phenoxy) is 2. The molecule has 0 N–H and O–H groups in total. The summed E-state index contributed by atoms with van der Waals surface area (Å²) in [6.45, 7) is 9.35. The Labute approximate surface area is 116 Å². The summed E-state index contributed by atoms with van der Waals surface area (Å²) in [6, 6.07) is -0.0708. The van der Waals surface area contributed by atoms with Gasteiger partial charge in [0.2, 0.25) is 0 Å². The molecule has 2 rings (SSSR count). The Kier molecular flexibility index (Phi) is 4.53. The summed E-state index contributed by atoms with van der Waals surface area (Å²) in [5.74, 6) is 0. The van der Waals surface area contributed by atoms with Crippen LogP contribution >= 0.6 is 0 Å². The maximum Gasteiger partial charge on any atom is 0.120 e. The van der Waals surface area contributed by atoms with Crippen LogP contribution in [-0.2, 0) is 9.47 Å². The lowest BCUT2D eigenvalue weighted by Crippen LogP contribution is -2.52. The van der Waals surface area contributed by atoms with Crippen molar-refractivity contribution in [1.29, 1.82) is 0 Å². The zero-order valence-corrected chi connectivity index (χ0v) is 12.7. The smallest absolute Gasteiger partial charge is 0.120 e. The third-order valence-corrected chi connectivity index (χ3v) is 5.01. The first-order valence-electron chi connectivity index (χ1n) is 7.40. The molecule has 0 saturated carbocycles. The molecule has 3 unspecified atom stereocenters. The second kappa shape index (κ2) is 5.66. The summed E-state index contributed by atoms with van der Waals surface area (Å²) >= 11 is 0. The summed E-state index contributed by atoms with van der Waals surface area (Å²) in [5, 5.41) is 0. The predicted octanol–water partition coefficient (Wildman–Crippen LogP) is 2.64. The van der Waals surface area contributed by atoms with Gasteiger partial charge in [0, 0.05) is 12.6 Å². The fraction of sp³-hybridized carbons (Fsp3) is 1.00. The van der Waals surface area contributed by atoms with Gasteiger partial charge < -0.3 is 9.47 Å². The zero-order valence-electron chi connectivity index (χ0n) is 12.7. The van der Waals surface area contributed by atoms with E-state index in [4.69, 9.17) is 9.47 Å². The van der Waals surface area contributed by atoms with E-state index in [9.17, 15) is 4.39 Å². The largest absolute Gasteiger partial charge is 0.382 e. The molecule has 19 heavy (non-hydrogen) atoms. The first-order chi connectivity index (χ1) is 8.92. The quantitative estimate of drug-likeness (QED) is 0.719. The number of fused-ring (bicyclic) bond motifs is 1. The van der Waals surface area contributed by atoms with Crippen LogP contribution in [0.4, 0.5) is 4.39 Å². The molecule has 0 aromatic heterocycles. The second-order valence-corrected chi connectivity index (χ2v) is 6.93. The minimum absolute atomic E-state index is 0.0295. The number of nitrogens with zero attached hydrogens (tertiary/aromatic N) is 1. The highest BCUT2D eigenvalue weighted by molar-refractivity contribution is 5.13. The van der Waals surface area contributed by atoms with Crippen molar-refractivity contribution in [3.05, 3.63) is 0 Å². The monoisotopic (exact) mass is 273 g/mol. The van der Waals surface area contributed by atoms with E-state index in [1.807, 2.05) is 0 Å². The van der Waals surface area contributed by atoms with Gasteiger partial charge in [0.05, 0.1) is 25.9 Å². The molecular weight excluding hydrogens is 245 g/mol. The van der Waals surface area contributed by atoms with Crippen LogP contribution in [0.5, 0.6) is 0 Å². The summed E-state index contributed by atoms with van der Waals surface area (Å²) in [4.78, 5) is 2.39. The number of hydrogen-bond acceptors (Lipinski definition) is 3. The third-order valence-electron chi connectivity index (χ3n) is 5.01. The average Bonchev–Trinajstić information content (AvgIpc) is 2.82. The van der Waals surface area contributed by atoms with Crippen molar-refractivity contribution in [2.75, 3.05) is 33.5 Å². The third kappa shape index (κ3) is 2.67. The van der Waals surface area contributed by atoms with E-state index in [0.29, 0.717) is 26.2 Å². The summed E-state index contributed by atoms with van der Waals surface area (Å²) in [5.41, 5.74) is 0.150. The van der Waals surface area contributed by atoms with Crippen LogP contribution in [0.1, 0.15) is 40.0 Å². The van der Waals surface area contributed by atoms with E-state index >= 15 is 0 Å². The predicted molar refractivity (Wildman–Crippen MR) is 74.1 cm³/mol. The zero-order chi connectivity index (χ0) is 14.1. The van der Waals surface area contributed by atoms with Gasteiger partial charge in [0.15, 0.2) is 0 Å². The van der Waals surface area contributed by atoms with E-state index in [1.165, 1.54) is 6.42 Å². The fourth-order valence-electron chi connectivity index (χ4n) is 3.91. The topological polar surface area (TPSA) is 21.7 Å². The van der Waals surface area contributed by atoms with Crippen molar-refractivity contribution < 1.29 is 13.9 Å². The summed E-state index contributed by atoms with van der Waals surface area (Å²) < 4.78 is 25.0. The Morgan fingerprint density at radius 1 is 1.32 bits per heavy atom. The van der Waals surface area contributed by atoms with E-state index in [2.05, 4.69) is 25.7 Å². The van der Waals surface area contributed by atoms with Gasteiger partial charge in [-0.1, -0.05) is 20.8 Å². The van der Waals surface area contributed by atoms with Crippen molar-refractivity contribution in [2.24, 2.45) is 5.41 Å². The Morgan fingerprint density at radius 2 is 2.05 bits per heavy atom. The van der Waals surface area contributed by atoms with Gasteiger partial charge in [0.1, 0.15) is 6.17 Å². The number of halogens is 1. The number of rotatable bonds is 5. The minimum Gasteiger partial charge on any atom is -0.382 e. The first-order valence-corrected chi connectivity index (χ1v) is 7.40. The van der Waals surface area contributed by atoms with Gasteiger partial charge in [-0.3, -0.25) is 4.90 Å². The van der Waals surface area contributed by atoms with Gasteiger partial charge in [-0.15, -0.1) is 0 Å². The lowest BCUT2D eigenvalue weighted by atomic mass is 9.71. The maximum atomic E-state index is 14.4. The van der Waals surface area contributed by atoms with Crippen molar-refractivity contribution in [2.45, 2.75) is 57.8 Å². The maximum absolute atomic E-state index is 14.4. The van der Waals surface area contributed by atoms with Gasteiger partial charge in [-0.2, -0.15) is 0 Å². The van der Waals surface area contributed by atoms with Crippen LogP contribution in [0.2, 0.25) is 0 Å². The molecule has 2 aliphatic heterocycles. The first kappa shape index (κ1) is 15.2. The molecule has 0 amide bonds. The SMILES string of the molecule is COCCOCC1C(F)CC2(C(C)(C)C)CCCN12. The second-order valence-electron chi connectivity index (χ2n) is 6.93. The van der Waals surface area contributed by atoms with Crippen LogP contribution in [0, 0.1) is 5.41 Å². The Balaban J connectivity index is 2.02. The van der Waals surface area contributed by atoms with Crippen molar-refractivity contribution in [3.63, 3.8) is 0 Å². The normalized spacial score (nSPS) is 35.8. The molecule has 112 valence electrons. The Hall–Kier alpha value is -0.190. The van der Waals surface area contributed by atoms with Crippen LogP contribution in [0.3, 0.4) is 0 Å². The molecule has 0 aromatic carbocycles. The van der Waals surface area contributed by atoms with Crippen LogP contribution < -0.4 is 0 Å². The molecule has 2 fully saturated rings. The highest BCUT2D eigenvalue weighted by atomic mass is 19.1. The Morgan fingerprint density at radius 3 is 2.68 bits per heavy atom. The van der Waals surface area contributed by atoms with Crippen molar-refractivity contribution in [3.8, 4) is 0 Å². The molecule has 3 atom stereocenters. The number of hydrogen-bond donors (Lipinski definition) is 0. The van der Waals surface area contributed by atoms with E-state index in [1.54, 1.807) is 7.11 Å². The molecule has 4 heteroatoms. The number of methoxy groups -OCH3 is 1. The highest BCUT2D eigenvalue weighted by Crippen LogP contribution is 2.53. The molecule has 2 aliphatic rings. The van der Waals surface area contributed by atoms with Gasteiger partial charge >= 0.3 is 0 Å². The van der Waals surface area contributed by atoms with Gasteiger partial charge in [-0.05, 0) is 31.2 Å². The van der Waals surface area contributed by atoms with E-state index in [0.717, 1.165) is 13.0 Å². The standard InChI is InChI=1S/C15H28FNO2/c1-14(2,3)15-6-5-7-17(15)13(12(16)10-15)11-19-9-8-18-4/h12-13H,5-11H2,1-4H3. The molecule has 2 heterocycles. The van der Waals surface area contributed by atoms with Crippen molar-refractivity contribution >= 4 is 0 Å². The summed E-state index contributed by atoms with van der Waals surface area (Å²) in [7, 11) is 1.65. The molecule has 0 aromatic rings. The van der Waals surface area contributed by atoms with Gasteiger partial charge in [0.25, 0.3) is 0 Å². The molecule has 0 radical (unpaired) electrons. The van der Waals surface area contributed by atoms with Crippen molar-refractivity contribution in [1.82, 2.24) is 4.90 Å². The van der Waals surface area contributed by atoms with Gasteiger partial charge in [-0.25, -0.2) is 4.39 Å². The van der Waals surface area contributed by atoms with E-state index in [-0.39, 0.29) is 17.0 Å². The van der Waals surface area contributed by atoms with Crippen LogP contribution in [-0.4, -0.2) is 56.1 Å². The fourth-order valence-corrected chi connectivity index (χ4v) is 3.91. The number of alkyl halides is 1. The average molecular weight is 273 g/mol. The molecular formula is C15H28FNO2. The molecule has 0 bridgehead atoms. The summed E-state index contributed by atoms with van der Waals surface area (Å²) in [6.07, 6.45) is 2.20. The Bertz CT molecular complexity index is 305. The van der Waals surface area contributed by atoms with Crippen LogP contribution in [0.15, 0.2) is 0 Å². The molecule has 2 saturated heterocycles. The lowest BCUT2D eigenvalue weighted by Gasteiger charge is -2.45. The lowest BCUT2D eigenvalue weighted by molar-refractivity contribution is -0.00496. The van der Waals surface area contributed by atoms with Crippen LogP contribution in [0.25, 0.3) is 0 Å². The minimum atomic E-state index is -0.762.